The monoisotopic (exact) mass is 524 g/mol. The van der Waals surface area contributed by atoms with Crippen LogP contribution in [0.15, 0.2) is 60.9 Å². The van der Waals surface area contributed by atoms with E-state index in [9.17, 15) is 31.1 Å². The lowest BCUT2D eigenvalue weighted by Crippen LogP contribution is -2.41. The van der Waals surface area contributed by atoms with E-state index in [1.54, 1.807) is 23.1 Å². The summed E-state index contributed by atoms with van der Waals surface area (Å²) >= 11 is 0. The lowest BCUT2D eigenvalue weighted by molar-refractivity contribution is -0.138. The Labute approximate surface area is 208 Å². The summed E-state index contributed by atoms with van der Waals surface area (Å²) in [6.45, 7) is 0.950. The van der Waals surface area contributed by atoms with Crippen LogP contribution in [0.3, 0.4) is 0 Å². The van der Waals surface area contributed by atoms with Gasteiger partial charge in [-0.2, -0.15) is 26.3 Å². The van der Waals surface area contributed by atoms with Gasteiger partial charge in [0.25, 0.3) is 0 Å². The van der Waals surface area contributed by atoms with Crippen molar-refractivity contribution in [2.75, 3.05) is 18.4 Å². The van der Waals surface area contributed by atoms with Gasteiger partial charge in [0, 0.05) is 31.5 Å². The van der Waals surface area contributed by atoms with Crippen molar-refractivity contribution in [1.29, 1.82) is 0 Å². The van der Waals surface area contributed by atoms with Crippen LogP contribution in [0.1, 0.15) is 29.5 Å². The highest BCUT2D eigenvalue weighted by Crippen LogP contribution is 2.31. The minimum Gasteiger partial charge on any atom is -0.439 e. The molecule has 0 saturated carbocycles. The number of carbonyl (C=O) groups is 1. The fourth-order valence-corrected chi connectivity index (χ4v) is 3.96. The molecule has 3 aromatic rings. The number of piperidine rings is 1. The van der Waals surface area contributed by atoms with Gasteiger partial charge in [-0.25, -0.2) is 14.8 Å². The zero-order valence-electron chi connectivity index (χ0n) is 19.3. The maximum absolute atomic E-state index is 12.7. The Kier molecular flexibility index (Phi) is 7.55. The van der Waals surface area contributed by atoms with Crippen molar-refractivity contribution in [2.24, 2.45) is 5.92 Å². The molecule has 0 atom stereocenters. The van der Waals surface area contributed by atoms with Crippen LogP contribution in [0, 0.1) is 5.92 Å². The number of hydrogen-bond acceptors (Lipinski definition) is 4. The highest BCUT2D eigenvalue weighted by molar-refractivity contribution is 5.88. The predicted octanol–water partition coefficient (Wildman–Crippen LogP) is 6.79. The summed E-state index contributed by atoms with van der Waals surface area (Å²) < 4.78 is 81.6. The number of alkyl halides is 6. The molecule has 0 bridgehead atoms. The zero-order valence-corrected chi connectivity index (χ0v) is 19.3. The minimum absolute atomic E-state index is 0.0412. The number of hydrogen-bond donors (Lipinski definition) is 1. The SMILES string of the molecule is O=C(Nc1ccc(C(F)(F)F)cn1)N1CCC(Cc2cccc(Oc3ccc(C(F)(F)F)cn3)c2)CC1. The molecule has 1 fully saturated rings. The van der Waals surface area contributed by atoms with Crippen LogP contribution in [0.5, 0.6) is 11.6 Å². The van der Waals surface area contributed by atoms with E-state index in [1.165, 1.54) is 0 Å². The first-order chi connectivity index (χ1) is 17.5. The van der Waals surface area contributed by atoms with Gasteiger partial charge in [0.2, 0.25) is 5.88 Å². The molecule has 0 aliphatic carbocycles. The number of halogens is 6. The largest absolute Gasteiger partial charge is 0.439 e. The highest BCUT2D eigenvalue weighted by atomic mass is 19.4. The van der Waals surface area contributed by atoms with Gasteiger partial charge in [0.15, 0.2) is 0 Å². The fraction of sp³-hybridized carbons (Fsp3) is 0.320. The Morgan fingerprint density at radius 3 is 2.14 bits per heavy atom. The number of aromatic nitrogens is 2. The second-order valence-corrected chi connectivity index (χ2v) is 8.63. The van der Waals surface area contributed by atoms with E-state index in [1.807, 2.05) is 6.07 Å². The summed E-state index contributed by atoms with van der Waals surface area (Å²) in [5, 5.41) is 2.52. The van der Waals surface area contributed by atoms with Crippen LogP contribution in [-0.4, -0.2) is 34.0 Å². The molecule has 1 aliphatic heterocycles. The van der Waals surface area contributed by atoms with Crippen LogP contribution in [-0.2, 0) is 18.8 Å². The average Bonchev–Trinajstić information content (AvgIpc) is 2.84. The first-order valence-corrected chi connectivity index (χ1v) is 11.4. The lowest BCUT2D eigenvalue weighted by atomic mass is 9.90. The Bertz CT molecular complexity index is 1210. The average molecular weight is 524 g/mol. The van der Waals surface area contributed by atoms with Gasteiger partial charge >= 0.3 is 18.4 Å². The van der Waals surface area contributed by atoms with E-state index in [-0.39, 0.29) is 17.6 Å². The quantitative estimate of drug-likeness (QED) is 0.373. The molecule has 196 valence electrons. The number of ether oxygens (including phenoxy) is 1. The van der Waals surface area contributed by atoms with Gasteiger partial charge in [0.05, 0.1) is 11.1 Å². The van der Waals surface area contributed by atoms with Crippen molar-refractivity contribution in [1.82, 2.24) is 14.9 Å². The number of likely N-dealkylation sites (tertiary alicyclic amines) is 1. The van der Waals surface area contributed by atoms with E-state index in [0.717, 1.165) is 48.9 Å². The van der Waals surface area contributed by atoms with Gasteiger partial charge in [-0.3, -0.25) is 5.32 Å². The maximum Gasteiger partial charge on any atom is 0.417 e. The summed E-state index contributed by atoms with van der Waals surface area (Å²) in [5.74, 6) is 0.824. The predicted molar refractivity (Wildman–Crippen MR) is 122 cm³/mol. The molecule has 12 heteroatoms. The summed E-state index contributed by atoms with van der Waals surface area (Å²) in [4.78, 5) is 21.4. The molecule has 1 aliphatic rings. The summed E-state index contributed by atoms with van der Waals surface area (Å²) in [7, 11) is 0. The molecule has 37 heavy (non-hydrogen) atoms. The number of pyridine rings is 2. The number of carbonyl (C=O) groups excluding carboxylic acids is 1. The van der Waals surface area contributed by atoms with Gasteiger partial charge < -0.3 is 9.64 Å². The molecule has 6 nitrogen and oxygen atoms in total. The molecule has 4 rings (SSSR count). The smallest absolute Gasteiger partial charge is 0.417 e. The number of benzene rings is 1. The molecule has 2 aromatic heterocycles. The first kappa shape index (κ1) is 26.2. The maximum atomic E-state index is 12.7. The molecular formula is C25H22F6N4O2. The third-order valence-corrected chi connectivity index (χ3v) is 5.94. The Morgan fingerprint density at radius 1 is 0.919 bits per heavy atom. The van der Waals surface area contributed by atoms with Crippen molar-refractivity contribution in [3.05, 3.63) is 77.6 Å². The lowest BCUT2D eigenvalue weighted by Gasteiger charge is -2.32. The van der Waals surface area contributed by atoms with E-state index >= 15 is 0 Å². The van der Waals surface area contributed by atoms with Crippen molar-refractivity contribution < 1.29 is 35.9 Å². The van der Waals surface area contributed by atoms with Crippen LogP contribution in [0.2, 0.25) is 0 Å². The summed E-state index contributed by atoms with van der Waals surface area (Å²) in [5.41, 5.74) is -0.776. The van der Waals surface area contributed by atoms with E-state index in [4.69, 9.17) is 4.74 Å². The molecule has 0 unspecified atom stereocenters. The van der Waals surface area contributed by atoms with Gasteiger partial charge in [-0.05, 0) is 61.1 Å². The molecule has 1 N–H and O–H groups in total. The standard InChI is InChI=1S/C25H22F6N4O2/c26-24(27,28)18-4-6-21(32-14-18)34-23(36)35-10-8-16(9-11-35)12-17-2-1-3-20(13-17)37-22-7-5-19(15-33-22)25(29,30)31/h1-7,13-16H,8-12H2,(H,32,34,36). The fourth-order valence-electron chi connectivity index (χ4n) is 3.96. The molecule has 3 heterocycles. The topological polar surface area (TPSA) is 67.4 Å². The van der Waals surface area contributed by atoms with Crippen LogP contribution in [0.25, 0.3) is 0 Å². The van der Waals surface area contributed by atoms with Gasteiger partial charge in [-0.15, -0.1) is 0 Å². The van der Waals surface area contributed by atoms with Crippen molar-refractivity contribution >= 4 is 11.8 Å². The van der Waals surface area contributed by atoms with Crippen LogP contribution >= 0.6 is 0 Å². The zero-order chi connectivity index (χ0) is 26.6. The minimum atomic E-state index is -4.50. The third kappa shape index (κ3) is 7.11. The van der Waals surface area contributed by atoms with E-state index < -0.39 is 29.5 Å². The van der Waals surface area contributed by atoms with Gasteiger partial charge in [0.1, 0.15) is 11.6 Å². The number of anilines is 1. The Hall–Kier alpha value is -3.83. The number of amides is 2. The summed E-state index contributed by atoms with van der Waals surface area (Å²) in [6.07, 6.45) is -5.42. The number of nitrogens with zero attached hydrogens (tertiary/aromatic N) is 3. The van der Waals surface area contributed by atoms with Crippen LogP contribution < -0.4 is 10.1 Å². The number of rotatable bonds is 5. The second kappa shape index (κ2) is 10.7. The number of urea groups is 1. The van der Waals surface area contributed by atoms with E-state index in [2.05, 4.69) is 15.3 Å². The first-order valence-electron chi connectivity index (χ1n) is 11.4. The van der Waals surface area contributed by atoms with Crippen molar-refractivity contribution in [3.8, 4) is 11.6 Å². The summed E-state index contributed by atoms with van der Waals surface area (Å²) in [6, 6.07) is 10.8. The van der Waals surface area contributed by atoms with Crippen LogP contribution in [0.4, 0.5) is 37.0 Å². The van der Waals surface area contributed by atoms with Crippen molar-refractivity contribution in [3.63, 3.8) is 0 Å². The molecule has 0 spiro atoms. The molecule has 1 saturated heterocycles. The Morgan fingerprint density at radius 2 is 1.57 bits per heavy atom. The molecular weight excluding hydrogens is 502 g/mol. The van der Waals surface area contributed by atoms with Gasteiger partial charge in [-0.1, -0.05) is 12.1 Å². The Balaban J connectivity index is 1.27. The molecule has 1 aromatic carbocycles. The van der Waals surface area contributed by atoms with E-state index in [0.29, 0.717) is 31.5 Å². The molecule has 2 amide bonds. The normalized spacial score (nSPS) is 14.9. The second-order valence-electron chi connectivity index (χ2n) is 8.63. The third-order valence-electron chi connectivity index (χ3n) is 5.94. The molecule has 0 radical (unpaired) electrons. The van der Waals surface area contributed by atoms with Crippen molar-refractivity contribution in [2.45, 2.75) is 31.6 Å². The number of nitrogens with one attached hydrogen (secondary N) is 1. The highest BCUT2D eigenvalue weighted by Gasteiger charge is 2.31.